The fraction of sp³-hybridized carbons (Fsp3) is 0.367. The van der Waals surface area contributed by atoms with Crippen molar-refractivity contribution in [3.63, 3.8) is 0 Å². The number of amidine groups is 1. The summed E-state index contributed by atoms with van der Waals surface area (Å²) in [5, 5.41) is 2.99. The SMILES string of the molecule is CC=CC(=NC)n1c(=O)n(CC(=O)N(C)c2ccc3c(c2)CC2(C3)N=C(C(C)(C)C)NC2=O)c2ccccc21. The van der Waals surface area contributed by atoms with Crippen LogP contribution in [0.5, 0.6) is 0 Å². The van der Waals surface area contributed by atoms with Crippen molar-refractivity contribution in [1.29, 1.82) is 0 Å². The first-order valence-corrected chi connectivity index (χ1v) is 13.1. The van der Waals surface area contributed by atoms with Gasteiger partial charge in [-0.05, 0) is 48.4 Å². The van der Waals surface area contributed by atoms with Gasteiger partial charge in [-0.1, -0.05) is 45.0 Å². The van der Waals surface area contributed by atoms with Crippen molar-refractivity contribution in [2.75, 3.05) is 19.0 Å². The van der Waals surface area contributed by atoms with Crippen molar-refractivity contribution in [3.8, 4) is 0 Å². The fourth-order valence-corrected chi connectivity index (χ4v) is 5.33. The number of anilines is 1. The summed E-state index contributed by atoms with van der Waals surface area (Å²) in [5.41, 5.74) is 2.71. The molecule has 0 bridgehead atoms. The topological polar surface area (TPSA) is 101 Å². The Morgan fingerprint density at radius 3 is 2.46 bits per heavy atom. The molecule has 1 aliphatic carbocycles. The number of nitrogens with one attached hydrogen (secondary N) is 1. The zero-order valence-electron chi connectivity index (χ0n) is 23.3. The molecular formula is C30H34N6O3. The molecule has 0 saturated heterocycles. The van der Waals surface area contributed by atoms with Gasteiger partial charge in [0, 0.05) is 38.0 Å². The third kappa shape index (κ3) is 4.41. The summed E-state index contributed by atoms with van der Waals surface area (Å²) in [7, 11) is 3.34. The molecule has 1 atom stereocenters. The van der Waals surface area contributed by atoms with Crippen molar-refractivity contribution in [3.05, 3.63) is 76.2 Å². The molecule has 9 heteroatoms. The Labute approximate surface area is 227 Å². The molecule has 0 radical (unpaired) electrons. The second kappa shape index (κ2) is 9.48. The molecule has 1 aliphatic heterocycles. The van der Waals surface area contributed by atoms with Crippen LogP contribution in [0.1, 0.15) is 38.8 Å². The van der Waals surface area contributed by atoms with Gasteiger partial charge < -0.3 is 10.2 Å². The number of fused-ring (bicyclic) bond motifs is 2. The number of aliphatic imine (C=N–C) groups is 2. The quantitative estimate of drug-likeness (QED) is 0.417. The summed E-state index contributed by atoms with van der Waals surface area (Å²) in [4.78, 5) is 50.6. The lowest BCUT2D eigenvalue weighted by Gasteiger charge is -2.19. The Balaban J connectivity index is 1.43. The number of amides is 2. The van der Waals surface area contributed by atoms with E-state index in [1.165, 1.54) is 9.13 Å². The van der Waals surface area contributed by atoms with Crippen LogP contribution >= 0.6 is 0 Å². The smallest absolute Gasteiger partial charge is 0.314 e. The number of likely N-dealkylation sites (N-methyl/N-ethyl adjacent to an activating group) is 1. The van der Waals surface area contributed by atoms with Gasteiger partial charge in [-0.25, -0.2) is 9.36 Å². The average molecular weight is 527 g/mol. The van der Waals surface area contributed by atoms with Crippen molar-refractivity contribution in [2.45, 2.75) is 52.6 Å². The van der Waals surface area contributed by atoms with Gasteiger partial charge in [0.25, 0.3) is 5.91 Å². The molecule has 2 aliphatic rings. The van der Waals surface area contributed by atoms with Crippen LogP contribution < -0.4 is 15.9 Å². The first-order valence-electron chi connectivity index (χ1n) is 13.1. The number of carbonyl (C=O) groups excluding carboxylic acids is 2. The number of carbonyl (C=O) groups is 2. The monoisotopic (exact) mass is 526 g/mol. The van der Waals surface area contributed by atoms with E-state index in [1.54, 1.807) is 25.1 Å². The standard InChI is InChI=1S/C30H34N6O3/c1-7-10-24(31-5)36-23-12-9-8-11-22(23)35(28(36)39)18-25(37)34(6)21-14-13-19-16-30(17-20(19)15-21)27(38)32-26(33-30)29(2,3)4/h7-15H,16-18H2,1-6H3,(H,32,33,38). The number of allylic oxidation sites excluding steroid dienone is 2. The van der Waals surface area contributed by atoms with Crippen LogP contribution in [0.3, 0.4) is 0 Å². The van der Waals surface area contributed by atoms with E-state index in [-0.39, 0.29) is 29.5 Å². The number of nitrogens with zero attached hydrogens (tertiary/aromatic N) is 5. The summed E-state index contributed by atoms with van der Waals surface area (Å²) in [6.07, 6.45) is 4.61. The maximum atomic E-state index is 13.5. The summed E-state index contributed by atoms with van der Waals surface area (Å²) in [5.74, 6) is 0.903. The van der Waals surface area contributed by atoms with Gasteiger partial charge in [0.2, 0.25) is 5.91 Å². The van der Waals surface area contributed by atoms with Crippen LogP contribution in [0.15, 0.2) is 69.4 Å². The van der Waals surface area contributed by atoms with Crippen LogP contribution in [0.2, 0.25) is 0 Å². The van der Waals surface area contributed by atoms with Crippen LogP contribution in [-0.4, -0.2) is 52.3 Å². The van der Waals surface area contributed by atoms with E-state index in [2.05, 4.69) is 10.3 Å². The summed E-state index contributed by atoms with van der Waals surface area (Å²) < 4.78 is 3.01. The van der Waals surface area contributed by atoms with Gasteiger partial charge in [0.05, 0.1) is 11.0 Å². The van der Waals surface area contributed by atoms with Crippen LogP contribution in [0.4, 0.5) is 5.69 Å². The molecule has 9 nitrogen and oxygen atoms in total. The highest BCUT2D eigenvalue weighted by molar-refractivity contribution is 6.10. The predicted octanol–water partition coefficient (Wildman–Crippen LogP) is 3.33. The minimum atomic E-state index is -0.827. The van der Waals surface area contributed by atoms with E-state index in [0.29, 0.717) is 41.2 Å². The maximum Gasteiger partial charge on any atom is 0.335 e. The number of para-hydroxylation sites is 2. The highest BCUT2D eigenvalue weighted by Gasteiger charge is 2.49. The van der Waals surface area contributed by atoms with Gasteiger partial charge in [0.15, 0.2) is 0 Å². The van der Waals surface area contributed by atoms with Gasteiger partial charge in [-0.3, -0.25) is 24.1 Å². The zero-order valence-corrected chi connectivity index (χ0v) is 23.3. The van der Waals surface area contributed by atoms with Crippen molar-refractivity contribution in [1.82, 2.24) is 14.5 Å². The molecule has 5 rings (SSSR count). The third-order valence-corrected chi connectivity index (χ3v) is 7.51. The highest BCUT2D eigenvalue weighted by atomic mass is 16.2. The lowest BCUT2D eigenvalue weighted by molar-refractivity contribution is -0.123. The summed E-state index contributed by atoms with van der Waals surface area (Å²) in [6, 6.07) is 13.2. The molecule has 39 heavy (non-hydrogen) atoms. The number of aromatic nitrogens is 2. The predicted molar refractivity (Wildman–Crippen MR) is 155 cm³/mol. The second-order valence-corrected chi connectivity index (χ2v) is 11.2. The van der Waals surface area contributed by atoms with Gasteiger partial charge in [-0.2, -0.15) is 0 Å². The summed E-state index contributed by atoms with van der Waals surface area (Å²) in [6.45, 7) is 7.83. The molecule has 0 fully saturated rings. The Morgan fingerprint density at radius 2 is 1.82 bits per heavy atom. The molecular weight excluding hydrogens is 492 g/mol. The molecule has 202 valence electrons. The lowest BCUT2D eigenvalue weighted by atomic mass is 9.95. The minimum Gasteiger partial charge on any atom is -0.314 e. The summed E-state index contributed by atoms with van der Waals surface area (Å²) >= 11 is 0. The minimum absolute atomic E-state index is 0.0710. The normalized spacial score (nSPS) is 19.2. The second-order valence-electron chi connectivity index (χ2n) is 11.2. The molecule has 2 heterocycles. The van der Waals surface area contributed by atoms with Gasteiger partial charge in [-0.15, -0.1) is 0 Å². The number of hydrogen-bond donors (Lipinski definition) is 1. The van der Waals surface area contributed by atoms with E-state index in [4.69, 9.17) is 4.99 Å². The third-order valence-electron chi connectivity index (χ3n) is 7.51. The largest absolute Gasteiger partial charge is 0.335 e. The Kier molecular flexibility index (Phi) is 6.40. The van der Waals surface area contributed by atoms with Crippen molar-refractivity contribution < 1.29 is 9.59 Å². The molecule has 2 aromatic carbocycles. The van der Waals surface area contributed by atoms with Gasteiger partial charge in [0.1, 0.15) is 23.8 Å². The number of hydrogen-bond acceptors (Lipinski definition) is 5. The zero-order chi connectivity index (χ0) is 28.1. The van der Waals surface area contributed by atoms with Crippen molar-refractivity contribution >= 4 is 40.2 Å². The molecule has 0 saturated carbocycles. The van der Waals surface area contributed by atoms with E-state index in [1.807, 2.05) is 76.2 Å². The lowest BCUT2D eigenvalue weighted by Crippen LogP contribution is -2.42. The Bertz CT molecular complexity index is 1650. The fourth-order valence-electron chi connectivity index (χ4n) is 5.33. The average Bonchev–Trinajstić information content (AvgIpc) is 3.53. The first-order chi connectivity index (χ1) is 18.5. The van der Waals surface area contributed by atoms with Crippen LogP contribution in [0.25, 0.3) is 11.0 Å². The van der Waals surface area contributed by atoms with E-state index in [9.17, 15) is 14.4 Å². The van der Waals surface area contributed by atoms with Gasteiger partial charge >= 0.3 is 5.69 Å². The molecule has 1 spiro atoms. The number of benzene rings is 2. The van der Waals surface area contributed by atoms with E-state index in [0.717, 1.165) is 11.1 Å². The van der Waals surface area contributed by atoms with E-state index < -0.39 is 5.54 Å². The first kappa shape index (κ1) is 26.3. The maximum absolute atomic E-state index is 13.5. The van der Waals surface area contributed by atoms with Crippen LogP contribution in [-0.2, 0) is 29.0 Å². The van der Waals surface area contributed by atoms with E-state index >= 15 is 0 Å². The number of imidazole rings is 1. The van der Waals surface area contributed by atoms with Crippen molar-refractivity contribution in [2.24, 2.45) is 15.4 Å². The van der Waals surface area contributed by atoms with Crippen LogP contribution in [0, 0.1) is 5.41 Å². The molecule has 1 aromatic heterocycles. The number of rotatable bonds is 4. The highest BCUT2D eigenvalue weighted by Crippen LogP contribution is 2.39. The molecule has 1 unspecified atom stereocenters. The Morgan fingerprint density at radius 1 is 1.13 bits per heavy atom. The molecule has 3 aromatic rings. The molecule has 1 N–H and O–H groups in total. The molecule has 2 amide bonds. The Hall–Kier alpha value is -4.27.